The van der Waals surface area contributed by atoms with Crippen LogP contribution in [0.5, 0.6) is 0 Å². The second-order valence-electron chi connectivity index (χ2n) is 7.48. The normalized spacial score (nSPS) is 19.9. The number of esters is 1. The van der Waals surface area contributed by atoms with E-state index in [1.807, 2.05) is 30.3 Å². The summed E-state index contributed by atoms with van der Waals surface area (Å²) in [6.07, 6.45) is 4.86. The zero-order chi connectivity index (χ0) is 20.6. The molecule has 1 aromatic rings. The van der Waals surface area contributed by atoms with Crippen molar-refractivity contribution in [1.82, 2.24) is 15.5 Å². The van der Waals surface area contributed by atoms with Gasteiger partial charge in [-0.2, -0.15) is 0 Å². The summed E-state index contributed by atoms with van der Waals surface area (Å²) in [7, 11) is 0. The van der Waals surface area contributed by atoms with Crippen molar-refractivity contribution in [3.8, 4) is 0 Å². The van der Waals surface area contributed by atoms with Crippen LogP contribution in [0, 0.1) is 5.92 Å². The SMILES string of the molecule is O=C(CC1C(=O)NCCN1C(=S)NC(=O)C1CCCCC1)OCc1ccccc1. The molecule has 1 saturated carbocycles. The Bertz CT molecular complexity index is 750. The molecule has 1 unspecified atom stereocenters. The second kappa shape index (κ2) is 10.3. The molecule has 2 fully saturated rings. The molecule has 2 amide bonds. The van der Waals surface area contributed by atoms with Crippen LogP contribution < -0.4 is 10.6 Å². The summed E-state index contributed by atoms with van der Waals surface area (Å²) in [6, 6.07) is 8.56. The van der Waals surface area contributed by atoms with Gasteiger partial charge >= 0.3 is 5.97 Å². The maximum absolute atomic E-state index is 12.5. The Kier molecular flexibility index (Phi) is 7.57. The molecular formula is C21H27N3O4S. The molecule has 8 heteroatoms. The lowest BCUT2D eigenvalue weighted by Crippen LogP contribution is -2.60. The van der Waals surface area contributed by atoms with Crippen LogP contribution in [-0.4, -0.2) is 46.9 Å². The number of hydrogen-bond donors (Lipinski definition) is 2. The van der Waals surface area contributed by atoms with Gasteiger partial charge < -0.3 is 20.3 Å². The Hall–Kier alpha value is -2.48. The van der Waals surface area contributed by atoms with Crippen molar-refractivity contribution in [2.45, 2.75) is 51.2 Å². The van der Waals surface area contributed by atoms with Crippen molar-refractivity contribution >= 4 is 35.1 Å². The molecule has 0 bridgehead atoms. The van der Waals surface area contributed by atoms with Gasteiger partial charge in [-0.3, -0.25) is 14.4 Å². The number of ether oxygens (including phenoxy) is 1. The van der Waals surface area contributed by atoms with Crippen LogP contribution in [0.15, 0.2) is 30.3 Å². The summed E-state index contributed by atoms with van der Waals surface area (Å²) >= 11 is 5.41. The highest BCUT2D eigenvalue weighted by atomic mass is 32.1. The van der Waals surface area contributed by atoms with Gasteiger partial charge in [-0.05, 0) is 30.6 Å². The van der Waals surface area contributed by atoms with Crippen LogP contribution >= 0.6 is 12.2 Å². The highest BCUT2D eigenvalue weighted by Gasteiger charge is 2.35. The van der Waals surface area contributed by atoms with E-state index in [4.69, 9.17) is 17.0 Å². The van der Waals surface area contributed by atoms with Gasteiger partial charge in [0.25, 0.3) is 0 Å². The van der Waals surface area contributed by atoms with Gasteiger partial charge in [-0.25, -0.2) is 0 Å². The van der Waals surface area contributed by atoms with E-state index in [0.29, 0.717) is 13.1 Å². The van der Waals surface area contributed by atoms with Crippen LogP contribution in [-0.2, 0) is 25.7 Å². The fourth-order valence-electron chi connectivity index (χ4n) is 3.76. The number of hydrogen-bond acceptors (Lipinski definition) is 5. The lowest BCUT2D eigenvalue weighted by atomic mass is 9.89. The minimum absolute atomic E-state index is 0.0328. The number of benzene rings is 1. The molecule has 1 aliphatic carbocycles. The predicted molar refractivity (Wildman–Crippen MR) is 112 cm³/mol. The maximum atomic E-state index is 12.5. The van der Waals surface area contributed by atoms with Crippen LogP contribution in [0.25, 0.3) is 0 Å². The van der Waals surface area contributed by atoms with E-state index in [-0.39, 0.29) is 35.9 Å². The third-order valence-electron chi connectivity index (χ3n) is 5.40. The van der Waals surface area contributed by atoms with Crippen molar-refractivity contribution in [2.24, 2.45) is 5.92 Å². The first-order valence-corrected chi connectivity index (χ1v) is 10.5. The molecule has 0 spiro atoms. The number of carbonyl (C=O) groups is 3. The van der Waals surface area contributed by atoms with Crippen molar-refractivity contribution in [1.29, 1.82) is 0 Å². The lowest BCUT2D eigenvalue weighted by molar-refractivity contribution is -0.148. The first-order chi connectivity index (χ1) is 14.0. The Morgan fingerprint density at radius 3 is 2.62 bits per heavy atom. The van der Waals surface area contributed by atoms with Crippen LogP contribution in [0.1, 0.15) is 44.1 Å². The first-order valence-electron chi connectivity index (χ1n) is 10.1. The minimum atomic E-state index is -0.786. The number of rotatable bonds is 5. The zero-order valence-electron chi connectivity index (χ0n) is 16.4. The van der Waals surface area contributed by atoms with Crippen molar-refractivity contribution in [3.05, 3.63) is 35.9 Å². The van der Waals surface area contributed by atoms with Crippen molar-refractivity contribution in [3.63, 3.8) is 0 Å². The Labute approximate surface area is 176 Å². The summed E-state index contributed by atoms with van der Waals surface area (Å²) < 4.78 is 5.31. The molecule has 1 atom stereocenters. The van der Waals surface area contributed by atoms with Crippen molar-refractivity contribution < 1.29 is 19.1 Å². The summed E-state index contributed by atoms with van der Waals surface area (Å²) in [5.74, 6) is -0.898. The molecule has 1 aromatic carbocycles. The number of nitrogens with one attached hydrogen (secondary N) is 2. The minimum Gasteiger partial charge on any atom is -0.461 e. The van der Waals surface area contributed by atoms with Gasteiger partial charge in [0.2, 0.25) is 11.8 Å². The van der Waals surface area contributed by atoms with Gasteiger partial charge in [-0.1, -0.05) is 49.6 Å². The molecule has 0 aromatic heterocycles. The Balaban J connectivity index is 1.56. The lowest BCUT2D eigenvalue weighted by Gasteiger charge is -2.36. The fourth-order valence-corrected chi connectivity index (χ4v) is 4.08. The van der Waals surface area contributed by atoms with E-state index in [0.717, 1.165) is 37.7 Å². The monoisotopic (exact) mass is 417 g/mol. The molecule has 2 aliphatic rings. The average Bonchev–Trinajstić information content (AvgIpc) is 2.75. The summed E-state index contributed by atoms with van der Waals surface area (Å²) in [6.45, 7) is 0.997. The summed E-state index contributed by atoms with van der Waals surface area (Å²) in [5, 5.41) is 5.74. The van der Waals surface area contributed by atoms with Crippen LogP contribution in [0.2, 0.25) is 0 Å². The molecule has 7 nitrogen and oxygen atoms in total. The molecule has 2 N–H and O–H groups in total. The smallest absolute Gasteiger partial charge is 0.308 e. The fraction of sp³-hybridized carbons (Fsp3) is 0.524. The van der Waals surface area contributed by atoms with Gasteiger partial charge in [0.1, 0.15) is 12.6 Å². The maximum Gasteiger partial charge on any atom is 0.308 e. The van der Waals surface area contributed by atoms with E-state index in [2.05, 4.69) is 10.6 Å². The topological polar surface area (TPSA) is 87.7 Å². The number of nitrogens with zero attached hydrogens (tertiary/aromatic N) is 1. The molecule has 3 rings (SSSR count). The Morgan fingerprint density at radius 1 is 1.17 bits per heavy atom. The summed E-state index contributed by atoms with van der Waals surface area (Å²) in [4.78, 5) is 38.8. The highest BCUT2D eigenvalue weighted by molar-refractivity contribution is 7.80. The van der Waals surface area contributed by atoms with E-state index in [1.165, 1.54) is 0 Å². The molecule has 156 valence electrons. The molecule has 0 radical (unpaired) electrons. The molecule has 1 heterocycles. The molecule has 1 aliphatic heterocycles. The second-order valence-corrected chi connectivity index (χ2v) is 7.87. The predicted octanol–water partition coefficient (Wildman–Crippen LogP) is 1.90. The third kappa shape index (κ3) is 6.00. The third-order valence-corrected chi connectivity index (χ3v) is 5.74. The Morgan fingerprint density at radius 2 is 1.90 bits per heavy atom. The van der Waals surface area contributed by atoms with Gasteiger partial charge in [0.15, 0.2) is 5.11 Å². The highest BCUT2D eigenvalue weighted by Crippen LogP contribution is 2.23. The molecular weight excluding hydrogens is 390 g/mol. The number of thiocarbonyl (C=S) groups is 1. The quantitative estimate of drug-likeness (QED) is 0.562. The van der Waals surface area contributed by atoms with Gasteiger partial charge in [-0.15, -0.1) is 0 Å². The van der Waals surface area contributed by atoms with E-state index in [1.54, 1.807) is 4.90 Å². The molecule has 29 heavy (non-hydrogen) atoms. The van der Waals surface area contributed by atoms with E-state index in [9.17, 15) is 14.4 Å². The number of amides is 2. The van der Waals surface area contributed by atoms with Crippen molar-refractivity contribution in [2.75, 3.05) is 13.1 Å². The largest absolute Gasteiger partial charge is 0.461 e. The molecule has 1 saturated heterocycles. The van der Waals surface area contributed by atoms with E-state index >= 15 is 0 Å². The first kappa shape index (κ1) is 21.2. The average molecular weight is 418 g/mol. The van der Waals surface area contributed by atoms with Crippen LogP contribution in [0.3, 0.4) is 0 Å². The summed E-state index contributed by atoms with van der Waals surface area (Å²) in [5.41, 5.74) is 0.876. The van der Waals surface area contributed by atoms with E-state index < -0.39 is 12.0 Å². The van der Waals surface area contributed by atoms with Gasteiger partial charge in [0.05, 0.1) is 6.42 Å². The zero-order valence-corrected chi connectivity index (χ0v) is 17.2. The standard InChI is InChI=1S/C21H27N3O4S/c25-18(28-14-15-7-3-1-4-8-15)13-17-20(27)22-11-12-24(17)21(29)23-19(26)16-9-5-2-6-10-16/h1,3-4,7-8,16-17H,2,5-6,9-14H2,(H,22,27)(H,23,26,29). The van der Waals surface area contributed by atoms with Gasteiger partial charge in [0, 0.05) is 19.0 Å². The number of piperazine rings is 1. The van der Waals surface area contributed by atoms with Crippen LogP contribution in [0.4, 0.5) is 0 Å². The number of carbonyl (C=O) groups excluding carboxylic acids is 3.